The summed E-state index contributed by atoms with van der Waals surface area (Å²) in [5.41, 5.74) is 0. The third-order valence-electron chi connectivity index (χ3n) is 2.81. The van der Waals surface area contributed by atoms with Gasteiger partial charge in [0.05, 0.1) is 6.10 Å². The van der Waals surface area contributed by atoms with Gasteiger partial charge in [-0.2, -0.15) is 15.0 Å². The number of ether oxygens (including phenoxy) is 1. The van der Waals surface area contributed by atoms with Crippen molar-refractivity contribution in [1.82, 2.24) is 19.9 Å². The second kappa shape index (κ2) is 7.84. The number of rotatable bonds is 8. The summed E-state index contributed by atoms with van der Waals surface area (Å²) in [6, 6.07) is 0.849. The number of aromatic nitrogens is 3. The molecule has 0 aliphatic rings. The third-order valence-corrected chi connectivity index (χ3v) is 2.81. The highest BCUT2D eigenvalue weighted by molar-refractivity contribution is 5.35. The van der Waals surface area contributed by atoms with Crippen LogP contribution in [-0.2, 0) is 0 Å². The van der Waals surface area contributed by atoms with E-state index in [0.29, 0.717) is 23.9 Å². The summed E-state index contributed by atoms with van der Waals surface area (Å²) in [5, 5.41) is 6.10. The summed E-state index contributed by atoms with van der Waals surface area (Å²) >= 11 is 0. The summed E-state index contributed by atoms with van der Waals surface area (Å²) in [6.45, 7) is 9.88. The van der Waals surface area contributed by atoms with Crippen molar-refractivity contribution in [2.45, 2.75) is 39.8 Å². The molecule has 114 valence electrons. The highest BCUT2D eigenvalue weighted by Gasteiger charge is 2.08. The number of nitrogens with one attached hydrogen (secondary N) is 2. The van der Waals surface area contributed by atoms with Crippen LogP contribution in [0.4, 0.5) is 11.9 Å². The van der Waals surface area contributed by atoms with Gasteiger partial charge in [-0.15, -0.1) is 0 Å². The molecule has 1 rings (SSSR count). The van der Waals surface area contributed by atoms with Crippen molar-refractivity contribution in [3.8, 4) is 6.01 Å². The molecule has 0 aliphatic carbocycles. The van der Waals surface area contributed by atoms with Gasteiger partial charge in [-0.1, -0.05) is 0 Å². The molecule has 0 radical (unpaired) electrons. The van der Waals surface area contributed by atoms with Gasteiger partial charge in [0.15, 0.2) is 0 Å². The first kappa shape index (κ1) is 16.4. The number of nitrogens with zero attached hydrogens (tertiary/aromatic N) is 4. The van der Waals surface area contributed by atoms with E-state index < -0.39 is 0 Å². The van der Waals surface area contributed by atoms with Gasteiger partial charge in [0.25, 0.3) is 0 Å². The first-order valence-corrected chi connectivity index (χ1v) is 6.97. The molecule has 0 fully saturated rings. The van der Waals surface area contributed by atoms with E-state index in [1.165, 1.54) is 0 Å². The smallest absolute Gasteiger partial charge is 0.323 e. The molecular weight excluding hydrogens is 256 g/mol. The van der Waals surface area contributed by atoms with Crippen molar-refractivity contribution in [1.29, 1.82) is 0 Å². The molecule has 2 N–H and O–H groups in total. The van der Waals surface area contributed by atoms with Gasteiger partial charge >= 0.3 is 6.01 Å². The van der Waals surface area contributed by atoms with Crippen LogP contribution in [0, 0.1) is 0 Å². The molecule has 0 aliphatic heterocycles. The fourth-order valence-electron chi connectivity index (χ4n) is 1.41. The topological polar surface area (TPSA) is 75.2 Å². The van der Waals surface area contributed by atoms with E-state index in [-0.39, 0.29) is 6.10 Å². The molecule has 7 nitrogen and oxygen atoms in total. The summed E-state index contributed by atoms with van der Waals surface area (Å²) in [6.07, 6.45) is 0.0297. The Morgan fingerprint density at radius 3 is 2.30 bits per heavy atom. The van der Waals surface area contributed by atoms with Crippen LogP contribution in [0.3, 0.4) is 0 Å². The normalized spacial score (nSPS) is 11.2. The maximum atomic E-state index is 5.51. The number of anilines is 2. The summed E-state index contributed by atoms with van der Waals surface area (Å²) in [5.74, 6) is 1.02. The molecular formula is C13H26N6O. The van der Waals surface area contributed by atoms with Crippen molar-refractivity contribution in [3.05, 3.63) is 0 Å². The Labute approximate surface area is 121 Å². The Hall–Kier alpha value is -1.63. The minimum atomic E-state index is 0.0297. The molecule has 0 unspecified atom stereocenters. The second-order valence-electron chi connectivity index (χ2n) is 5.18. The highest BCUT2D eigenvalue weighted by atomic mass is 16.5. The molecule has 1 aromatic rings. The van der Waals surface area contributed by atoms with Gasteiger partial charge < -0.3 is 20.3 Å². The minimum absolute atomic E-state index is 0.0297. The average Bonchev–Trinajstić information content (AvgIpc) is 2.37. The monoisotopic (exact) mass is 282 g/mol. The van der Waals surface area contributed by atoms with E-state index in [4.69, 9.17) is 4.74 Å². The first-order valence-electron chi connectivity index (χ1n) is 6.97. The Morgan fingerprint density at radius 1 is 1.10 bits per heavy atom. The van der Waals surface area contributed by atoms with Crippen LogP contribution in [0.15, 0.2) is 0 Å². The van der Waals surface area contributed by atoms with Crippen molar-refractivity contribution in [3.63, 3.8) is 0 Å². The SMILES string of the molecule is CNc1nc(NCCN(C)C(C)C)nc(OC(C)C)n1. The van der Waals surface area contributed by atoms with Gasteiger partial charge in [0.2, 0.25) is 11.9 Å². The van der Waals surface area contributed by atoms with E-state index in [2.05, 4.69) is 51.4 Å². The maximum absolute atomic E-state index is 5.51. The lowest BCUT2D eigenvalue weighted by atomic mass is 10.3. The number of hydrogen-bond acceptors (Lipinski definition) is 7. The Bertz CT molecular complexity index is 410. The standard InChI is InChI=1S/C13H26N6O/c1-9(2)19(6)8-7-15-12-16-11(14-5)17-13(18-12)20-10(3)4/h9-10H,7-8H2,1-6H3,(H2,14,15,16,17,18). The predicted octanol–water partition coefficient (Wildman–Crippen LogP) is 1.45. The molecule has 0 atom stereocenters. The maximum Gasteiger partial charge on any atom is 0.323 e. The summed E-state index contributed by atoms with van der Waals surface area (Å²) in [7, 11) is 3.86. The molecule has 0 spiro atoms. The summed E-state index contributed by atoms with van der Waals surface area (Å²) in [4.78, 5) is 14.9. The van der Waals surface area contributed by atoms with Crippen LogP contribution in [-0.4, -0.2) is 59.2 Å². The van der Waals surface area contributed by atoms with Crippen LogP contribution in [0.2, 0.25) is 0 Å². The molecule has 1 aromatic heterocycles. The fraction of sp³-hybridized carbons (Fsp3) is 0.769. The quantitative estimate of drug-likeness (QED) is 0.747. The van der Waals surface area contributed by atoms with Crippen molar-refractivity contribution in [2.75, 3.05) is 37.8 Å². The molecule has 1 heterocycles. The van der Waals surface area contributed by atoms with Crippen molar-refractivity contribution in [2.24, 2.45) is 0 Å². The molecule has 7 heteroatoms. The number of hydrogen-bond donors (Lipinski definition) is 2. The highest BCUT2D eigenvalue weighted by Crippen LogP contribution is 2.11. The zero-order chi connectivity index (χ0) is 15.1. The van der Waals surface area contributed by atoms with Gasteiger partial charge in [-0.3, -0.25) is 0 Å². The number of likely N-dealkylation sites (N-methyl/N-ethyl adjacent to an activating group) is 1. The van der Waals surface area contributed by atoms with Gasteiger partial charge in [-0.25, -0.2) is 0 Å². The van der Waals surface area contributed by atoms with E-state index in [1.54, 1.807) is 7.05 Å². The van der Waals surface area contributed by atoms with Gasteiger partial charge in [0.1, 0.15) is 0 Å². The van der Waals surface area contributed by atoms with E-state index >= 15 is 0 Å². The lowest BCUT2D eigenvalue weighted by Crippen LogP contribution is -2.31. The van der Waals surface area contributed by atoms with Crippen LogP contribution in [0.5, 0.6) is 6.01 Å². The van der Waals surface area contributed by atoms with E-state index in [1.807, 2.05) is 13.8 Å². The fourth-order valence-corrected chi connectivity index (χ4v) is 1.41. The van der Waals surface area contributed by atoms with Crippen molar-refractivity contribution >= 4 is 11.9 Å². The third kappa shape index (κ3) is 5.56. The molecule has 0 aromatic carbocycles. The lowest BCUT2D eigenvalue weighted by Gasteiger charge is -2.21. The molecule has 20 heavy (non-hydrogen) atoms. The minimum Gasteiger partial charge on any atom is -0.461 e. The molecule has 0 saturated heterocycles. The Kier molecular flexibility index (Phi) is 6.44. The average molecular weight is 282 g/mol. The Balaban J connectivity index is 2.64. The zero-order valence-electron chi connectivity index (χ0n) is 13.3. The predicted molar refractivity (Wildman–Crippen MR) is 81.4 cm³/mol. The van der Waals surface area contributed by atoms with Gasteiger partial charge in [-0.05, 0) is 34.7 Å². The van der Waals surface area contributed by atoms with Gasteiger partial charge in [0, 0.05) is 26.2 Å². The lowest BCUT2D eigenvalue weighted by molar-refractivity contribution is 0.222. The summed E-state index contributed by atoms with van der Waals surface area (Å²) < 4.78 is 5.51. The van der Waals surface area contributed by atoms with Crippen LogP contribution in [0.25, 0.3) is 0 Å². The van der Waals surface area contributed by atoms with E-state index in [9.17, 15) is 0 Å². The van der Waals surface area contributed by atoms with Crippen molar-refractivity contribution < 1.29 is 4.74 Å². The van der Waals surface area contributed by atoms with Crippen LogP contribution in [0.1, 0.15) is 27.7 Å². The second-order valence-corrected chi connectivity index (χ2v) is 5.18. The molecule has 0 saturated carbocycles. The van der Waals surface area contributed by atoms with Crippen LogP contribution < -0.4 is 15.4 Å². The van der Waals surface area contributed by atoms with Crippen LogP contribution >= 0.6 is 0 Å². The molecule has 0 bridgehead atoms. The van der Waals surface area contributed by atoms with E-state index in [0.717, 1.165) is 13.1 Å². The first-order chi connectivity index (χ1) is 9.42. The zero-order valence-corrected chi connectivity index (χ0v) is 13.3. The molecule has 0 amide bonds. The Morgan fingerprint density at radius 2 is 1.75 bits per heavy atom. The largest absolute Gasteiger partial charge is 0.461 e.